The molecule has 0 radical (unpaired) electrons. The predicted octanol–water partition coefficient (Wildman–Crippen LogP) is 2.78. The summed E-state index contributed by atoms with van der Waals surface area (Å²) in [5.74, 6) is 6.31. The van der Waals surface area contributed by atoms with Gasteiger partial charge in [0.25, 0.3) is 0 Å². The summed E-state index contributed by atoms with van der Waals surface area (Å²) in [5.41, 5.74) is 0. The summed E-state index contributed by atoms with van der Waals surface area (Å²) >= 11 is 2.17. The first-order valence-electron chi connectivity index (χ1n) is 7.79. The predicted molar refractivity (Wildman–Crippen MR) is 78.1 cm³/mol. The molecule has 3 fully saturated rings. The largest absolute Gasteiger partial charge is 0.381 e. The Kier molecular flexibility index (Phi) is 4.88. The second-order valence-corrected chi connectivity index (χ2v) is 7.53. The Morgan fingerprint density at radius 1 is 0.944 bits per heavy atom. The highest BCUT2D eigenvalue weighted by atomic mass is 32.2. The molecular formula is C15H27NOS. The molecule has 3 aliphatic rings. The first kappa shape index (κ1) is 13.3. The molecule has 104 valence electrons. The molecule has 0 spiro atoms. The molecule has 3 heteroatoms. The van der Waals surface area contributed by atoms with Crippen molar-refractivity contribution in [2.75, 3.05) is 37.8 Å². The van der Waals surface area contributed by atoms with Crippen molar-refractivity contribution in [2.45, 2.75) is 32.1 Å². The molecule has 4 atom stereocenters. The monoisotopic (exact) mass is 269 g/mol. The Morgan fingerprint density at radius 2 is 1.78 bits per heavy atom. The zero-order valence-corrected chi connectivity index (χ0v) is 12.2. The average Bonchev–Trinajstić information content (AvgIpc) is 2.49. The molecule has 0 saturated carbocycles. The molecule has 4 unspecified atom stereocenters. The molecule has 3 saturated heterocycles. The van der Waals surface area contributed by atoms with Gasteiger partial charge < -0.3 is 10.1 Å². The van der Waals surface area contributed by atoms with E-state index in [2.05, 4.69) is 17.1 Å². The number of piperidine rings is 1. The Morgan fingerprint density at radius 3 is 2.50 bits per heavy atom. The molecule has 2 nitrogen and oxygen atoms in total. The minimum absolute atomic E-state index is 0.837. The number of hydrogen-bond donors (Lipinski definition) is 1. The number of nitrogens with one attached hydrogen (secondary N) is 1. The molecule has 0 aromatic rings. The maximum atomic E-state index is 5.96. The number of ether oxygens (including phenoxy) is 1. The van der Waals surface area contributed by atoms with E-state index in [0.29, 0.717) is 0 Å². The van der Waals surface area contributed by atoms with Crippen LogP contribution < -0.4 is 5.32 Å². The van der Waals surface area contributed by atoms with E-state index < -0.39 is 0 Å². The van der Waals surface area contributed by atoms with Crippen LogP contribution in [0.4, 0.5) is 0 Å². The van der Waals surface area contributed by atoms with Crippen molar-refractivity contribution in [1.29, 1.82) is 0 Å². The van der Waals surface area contributed by atoms with Crippen LogP contribution >= 0.6 is 11.8 Å². The van der Waals surface area contributed by atoms with Crippen LogP contribution in [0.5, 0.6) is 0 Å². The van der Waals surface area contributed by atoms with Gasteiger partial charge in [-0.25, -0.2) is 0 Å². The molecule has 3 heterocycles. The molecule has 3 aliphatic heterocycles. The van der Waals surface area contributed by atoms with Gasteiger partial charge in [0.05, 0.1) is 0 Å². The topological polar surface area (TPSA) is 21.3 Å². The van der Waals surface area contributed by atoms with Crippen molar-refractivity contribution in [1.82, 2.24) is 5.32 Å². The lowest BCUT2D eigenvalue weighted by molar-refractivity contribution is -0.0264. The maximum absolute atomic E-state index is 5.96. The summed E-state index contributed by atoms with van der Waals surface area (Å²) in [6.07, 6.45) is 7.12. The lowest BCUT2D eigenvalue weighted by Crippen LogP contribution is -2.41. The lowest BCUT2D eigenvalue weighted by Gasteiger charge is -2.40. The van der Waals surface area contributed by atoms with Crippen LogP contribution in [0.2, 0.25) is 0 Å². The average molecular weight is 269 g/mol. The Balaban J connectivity index is 1.53. The fourth-order valence-electron chi connectivity index (χ4n) is 3.97. The molecule has 0 aromatic heterocycles. The van der Waals surface area contributed by atoms with Crippen LogP contribution in [0.1, 0.15) is 32.1 Å². The van der Waals surface area contributed by atoms with Gasteiger partial charge in [-0.05, 0) is 80.4 Å². The molecule has 3 rings (SSSR count). The zero-order valence-electron chi connectivity index (χ0n) is 11.4. The van der Waals surface area contributed by atoms with Crippen LogP contribution in [0, 0.1) is 23.7 Å². The van der Waals surface area contributed by atoms with Gasteiger partial charge in [-0.15, -0.1) is 0 Å². The molecule has 0 amide bonds. The van der Waals surface area contributed by atoms with E-state index in [1.165, 1.54) is 56.7 Å². The summed E-state index contributed by atoms with van der Waals surface area (Å²) in [7, 11) is 0. The SMILES string of the molecule is C1CNCC(C2COCC(C3CCCSC3)C2)C1. The van der Waals surface area contributed by atoms with Gasteiger partial charge in [-0.2, -0.15) is 11.8 Å². The highest BCUT2D eigenvalue weighted by Crippen LogP contribution is 2.37. The third kappa shape index (κ3) is 3.23. The molecule has 0 aromatic carbocycles. The molecular weight excluding hydrogens is 242 g/mol. The van der Waals surface area contributed by atoms with Crippen LogP contribution in [0.25, 0.3) is 0 Å². The minimum Gasteiger partial charge on any atom is -0.381 e. The minimum atomic E-state index is 0.837. The fraction of sp³-hybridized carbons (Fsp3) is 1.00. The van der Waals surface area contributed by atoms with Crippen LogP contribution in [-0.4, -0.2) is 37.8 Å². The highest BCUT2D eigenvalue weighted by Gasteiger charge is 2.34. The third-order valence-corrected chi connectivity index (χ3v) is 6.37. The van der Waals surface area contributed by atoms with Crippen molar-refractivity contribution in [3.05, 3.63) is 0 Å². The Labute approximate surface area is 116 Å². The van der Waals surface area contributed by atoms with Gasteiger partial charge in [-0.1, -0.05) is 0 Å². The lowest BCUT2D eigenvalue weighted by atomic mass is 9.75. The van der Waals surface area contributed by atoms with Gasteiger partial charge in [0.1, 0.15) is 0 Å². The standard InChI is InChI=1S/C15H27NOS/c1-3-12(8-16-5-1)14-7-15(10-17-9-14)13-4-2-6-18-11-13/h12-16H,1-11H2. The van der Waals surface area contributed by atoms with Gasteiger partial charge in [0.2, 0.25) is 0 Å². The number of rotatable bonds is 2. The fourth-order valence-corrected chi connectivity index (χ4v) is 5.25. The second-order valence-electron chi connectivity index (χ2n) is 6.38. The highest BCUT2D eigenvalue weighted by molar-refractivity contribution is 7.99. The van der Waals surface area contributed by atoms with E-state index in [4.69, 9.17) is 4.74 Å². The van der Waals surface area contributed by atoms with Crippen LogP contribution in [0.3, 0.4) is 0 Å². The van der Waals surface area contributed by atoms with E-state index >= 15 is 0 Å². The van der Waals surface area contributed by atoms with Crippen molar-refractivity contribution >= 4 is 11.8 Å². The van der Waals surface area contributed by atoms with E-state index in [1.54, 1.807) is 0 Å². The van der Waals surface area contributed by atoms with Crippen molar-refractivity contribution in [3.8, 4) is 0 Å². The third-order valence-electron chi connectivity index (χ3n) is 5.13. The van der Waals surface area contributed by atoms with E-state index in [-0.39, 0.29) is 0 Å². The van der Waals surface area contributed by atoms with E-state index in [1.807, 2.05) is 0 Å². The van der Waals surface area contributed by atoms with E-state index in [9.17, 15) is 0 Å². The van der Waals surface area contributed by atoms with Gasteiger partial charge in [0.15, 0.2) is 0 Å². The van der Waals surface area contributed by atoms with E-state index in [0.717, 1.165) is 36.9 Å². The summed E-state index contributed by atoms with van der Waals surface area (Å²) in [5, 5.41) is 3.57. The second kappa shape index (κ2) is 6.62. The van der Waals surface area contributed by atoms with Crippen LogP contribution in [-0.2, 0) is 4.74 Å². The summed E-state index contributed by atoms with van der Waals surface area (Å²) in [6, 6.07) is 0. The summed E-state index contributed by atoms with van der Waals surface area (Å²) < 4.78 is 5.96. The normalized spacial score (nSPS) is 42.7. The number of thioether (sulfide) groups is 1. The van der Waals surface area contributed by atoms with Gasteiger partial charge >= 0.3 is 0 Å². The number of hydrogen-bond acceptors (Lipinski definition) is 3. The molecule has 0 aliphatic carbocycles. The first-order valence-corrected chi connectivity index (χ1v) is 8.95. The van der Waals surface area contributed by atoms with Crippen molar-refractivity contribution in [2.24, 2.45) is 23.7 Å². The maximum Gasteiger partial charge on any atom is 0.0497 e. The Bertz CT molecular complexity index is 225. The quantitative estimate of drug-likeness (QED) is 0.833. The summed E-state index contributed by atoms with van der Waals surface area (Å²) in [6.45, 7) is 4.54. The first-order chi connectivity index (χ1) is 8.93. The molecule has 18 heavy (non-hydrogen) atoms. The van der Waals surface area contributed by atoms with Crippen molar-refractivity contribution in [3.63, 3.8) is 0 Å². The Hall–Kier alpha value is 0.270. The zero-order chi connectivity index (χ0) is 12.2. The van der Waals surface area contributed by atoms with Gasteiger partial charge in [0, 0.05) is 13.2 Å². The summed E-state index contributed by atoms with van der Waals surface area (Å²) in [4.78, 5) is 0. The van der Waals surface area contributed by atoms with Crippen LogP contribution in [0.15, 0.2) is 0 Å². The smallest absolute Gasteiger partial charge is 0.0497 e. The van der Waals surface area contributed by atoms with Crippen molar-refractivity contribution < 1.29 is 4.74 Å². The molecule has 0 bridgehead atoms. The van der Waals surface area contributed by atoms with Gasteiger partial charge in [-0.3, -0.25) is 0 Å². The molecule has 1 N–H and O–H groups in total.